The van der Waals surface area contributed by atoms with Crippen LogP contribution in [0.15, 0.2) is 18.2 Å². The molecule has 3 heteroatoms. The number of phenolic OH excluding ortho intramolecular Hbond substituents is 1. The zero-order valence-corrected chi connectivity index (χ0v) is 7.75. The van der Waals surface area contributed by atoms with Gasteiger partial charge in [-0.2, -0.15) is 0 Å². The van der Waals surface area contributed by atoms with Gasteiger partial charge in [-0.15, -0.1) is 0 Å². The number of phenols is 1. The number of anilines is 1. The fourth-order valence-corrected chi connectivity index (χ4v) is 1.09. The Balaban J connectivity index is 2.59. The van der Waals surface area contributed by atoms with Crippen LogP contribution in [-0.2, 0) is 0 Å². The van der Waals surface area contributed by atoms with Gasteiger partial charge in [0.25, 0.3) is 0 Å². The minimum absolute atomic E-state index is 0.166. The van der Waals surface area contributed by atoms with E-state index in [9.17, 15) is 5.11 Å². The molecule has 0 fully saturated rings. The average molecular weight is 181 g/mol. The highest BCUT2D eigenvalue weighted by molar-refractivity contribution is 5.56. The predicted octanol–water partition coefficient (Wildman–Crippen LogP) is 1.49. The molecule has 0 aliphatic heterocycles. The summed E-state index contributed by atoms with van der Waals surface area (Å²) < 4.78 is 0. The lowest BCUT2D eigenvalue weighted by atomic mass is 10.2. The maximum atomic E-state index is 9.41. The maximum absolute atomic E-state index is 9.41. The standard InChI is InChI=1S/C10H15NO2/c1-8-3-4-10(13)9(7-8)11-5-2-6-12/h3-4,7,11-13H,2,5-6H2,1H3. The number of hydrogen-bond donors (Lipinski definition) is 3. The quantitative estimate of drug-likeness (QED) is 0.487. The molecular weight excluding hydrogens is 166 g/mol. The molecule has 0 amide bonds. The molecule has 0 atom stereocenters. The Morgan fingerprint density at radius 1 is 1.38 bits per heavy atom. The second-order valence-corrected chi connectivity index (χ2v) is 3.02. The van der Waals surface area contributed by atoms with Crippen molar-refractivity contribution >= 4 is 5.69 Å². The van der Waals surface area contributed by atoms with Crippen molar-refractivity contribution in [3.63, 3.8) is 0 Å². The maximum Gasteiger partial charge on any atom is 0.138 e. The Morgan fingerprint density at radius 2 is 2.15 bits per heavy atom. The highest BCUT2D eigenvalue weighted by Crippen LogP contribution is 2.23. The van der Waals surface area contributed by atoms with Gasteiger partial charge in [0.2, 0.25) is 0 Å². The van der Waals surface area contributed by atoms with Gasteiger partial charge in [0, 0.05) is 13.2 Å². The molecule has 0 radical (unpaired) electrons. The van der Waals surface area contributed by atoms with E-state index in [-0.39, 0.29) is 12.4 Å². The number of aromatic hydroxyl groups is 1. The third-order valence-electron chi connectivity index (χ3n) is 1.80. The topological polar surface area (TPSA) is 52.5 Å². The largest absolute Gasteiger partial charge is 0.506 e. The van der Waals surface area contributed by atoms with Crippen LogP contribution in [0.1, 0.15) is 12.0 Å². The fraction of sp³-hybridized carbons (Fsp3) is 0.400. The lowest BCUT2D eigenvalue weighted by molar-refractivity contribution is 0.292. The van der Waals surface area contributed by atoms with E-state index in [2.05, 4.69) is 5.32 Å². The van der Waals surface area contributed by atoms with E-state index in [1.165, 1.54) is 0 Å². The first-order valence-electron chi connectivity index (χ1n) is 4.38. The zero-order chi connectivity index (χ0) is 9.68. The van der Waals surface area contributed by atoms with Crippen molar-refractivity contribution < 1.29 is 10.2 Å². The number of benzene rings is 1. The third-order valence-corrected chi connectivity index (χ3v) is 1.80. The molecule has 0 aliphatic rings. The summed E-state index contributed by atoms with van der Waals surface area (Å²) in [5, 5.41) is 21.0. The van der Waals surface area contributed by atoms with Crippen molar-refractivity contribution in [1.82, 2.24) is 0 Å². The summed E-state index contributed by atoms with van der Waals surface area (Å²) in [6.45, 7) is 2.81. The highest BCUT2D eigenvalue weighted by Gasteiger charge is 1.98. The Morgan fingerprint density at radius 3 is 2.85 bits per heavy atom. The molecular formula is C10H15NO2. The van der Waals surface area contributed by atoms with Crippen LogP contribution in [0.25, 0.3) is 0 Å². The van der Waals surface area contributed by atoms with Gasteiger partial charge in [0.05, 0.1) is 5.69 Å². The normalized spacial score (nSPS) is 10.0. The molecule has 0 spiro atoms. The number of nitrogens with one attached hydrogen (secondary N) is 1. The van der Waals surface area contributed by atoms with Crippen LogP contribution in [-0.4, -0.2) is 23.4 Å². The molecule has 0 bridgehead atoms. The average Bonchev–Trinajstić information content (AvgIpc) is 2.11. The number of hydrogen-bond acceptors (Lipinski definition) is 3. The lowest BCUT2D eigenvalue weighted by Gasteiger charge is -2.07. The van der Waals surface area contributed by atoms with Crippen molar-refractivity contribution in [2.24, 2.45) is 0 Å². The lowest BCUT2D eigenvalue weighted by Crippen LogP contribution is -2.03. The van der Waals surface area contributed by atoms with E-state index >= 15 is 0 Å². The van der Waals surface area contributed by atoms with E-state index in [1.807, 2.05) is 19.1 Å². The van der Waals surface area contributed by atoms with Crippen molar-refractivity contribution in [2.75, 3.05) is 18.5 Å². The number of aryl methyl sites for hydroxylation is 1. The van der Waals surface area contributed by atoms with Crippen molar-refractivity contribution in [1.29, 1.82) is 0 Å². The van der Waals surface area contributed by atoms with E-state index < -0.39 is 0 Å². The SMILES string of the molecule is Cc1ccc(O)c(NCCCO)c1. The molecule has 72 valence electrons. The van der Waals surface area contributed by atoms with E-state index in [4.69, 9.17) is 5.11 Å². The van der Waals surface area contributed by atoms with Gasteiger partial charge < -0.3 is 15.5 Å². The van der Waals surface area contributed by atoms with Crippen LogP contribution in [0.4, 0.5) is 5.69 Å². The molecule has 3 N–H and O–H groups in total. The molecule has 0 unspecified atom stereocenters. The van der Waals surface area contributed by atoms with Gasteiger partial charge >= 0.3 is 0 Å². The molecule has 0 aromatic heterocycles. The smallest absolute Gasteiger partial charge is 0.138 e. The number of rotatable bonds is 4. The van der Waals surface area contributed by atoms with Crippen molar-refractivity contribution in [2.45, 2.75) is 13.3 Å². The first-order chi connectivity index (χ1) is 6.24. The summed E-state index contributed by atoms with van der Waals surface area (Å²) in [4.78, 5) is 0. The first-order valence-corrected chi connectivity index (χ1v) is 4.38. The van der Waals surface area contributed by atoms with Gasteiger partial charge in [-0.25, -0.2) is 0 Å². The predicted molar refractivity (Wildman–Crippen MR) is 53.0 cm³/mol. The van der Waals surface area contributed by atoms with Gasteiger partial charge in [-0.3, -0.25) is 0 Å². The minimum Gasteiger partial charge on any atom is -0.506 e. The molecule has 0 aliphatic carbocycles. The van der Waals surface area contributed by atoms with Gasteiger partial charge in [-0.05, 0) is 31.0 Å². The second kappa shape index (κ2) is 4.72. The highest BCUT2D eigenvalue weighted by atomic mass is 16.3. The van der Waals surface area contributed by atoms with Crippen LogP contribution in [0.2, 0.25) is 0 Å². The van der Waals surface area contributed by atoms with Gasteiger partial charge in [0.1, 0.15) is 5.75 Å². The third kappa shape index (κ3) is 2.95. The monoisotopic (exact) mass is 181 g/mol. The van der Waals surface area contributed by atoms with Crippen LogP contribution < -0.4 is 5.32 Å². The molecule has 1 aromatic carbocycles. The molecule has 3 nitrogen and oxygen atoms in total. The first kappa shape index (κ1) is 9.86. The molecule has 1 rings (SSSR count). The molecule has 0 saturated carbocycles. The Kier molecular flexibility index (Phi) is 3.58. The molecule has 1 aromatic rings. The Labute approximate surface area is 78.0 Å². The Hall–Kier alpha value is -1.22. The van der Waals surface area contributed by atoms with Crippen LogP contribution >= 0.6 is 0 Å². The number of aliphatic hydroxyl groups is 1. The minimum atomic E-state index is 0.166. The summed E-state index contributed by atoms with van der Waals surface area (Å²) >= 11 is 0. The molecule has 0 saturated heterocycles. The molecule has 0 heterocycles. The molecule has 13 heavy (non-hydrogen) atoms. The van der Waals surface area contributed by atoms with E-state index in [0.717, 1.165) is 11.3 Å². The summed E-state index contributed by atoms with van der Waals surface area (Å²) in [6, 6.07) is 5.40. The van der Waals surface area contributed by atoms with Gasteiger partial charge in [-0.1, -0.05) is 6.07 Å². The van der Waals surface area contributed by atoms with E-state index in [1.54, 1.807) is 6.07 Å². The van der Waals surface area contributed by atoms with Gasteiger partial charge in [0.15, 0.2) is 0 Å². The van der Waals surface area contributed by atoms with Crippen LogP contribution in [0, 0.1) is 6.92 Å². The summed E-state index contributed by atoms with van der Waals surface area (Å²) in [5.41, 5.74) is 1.83. The van der Waals surface area contributed by atoms with E-state index in [0.29, 0.717) is 13.0 Å². The fourth-order valence-electron chi connectivity index (χ4n) is 1.09. The van der Waals surface area contributed by atoms with Crippen molar-refractivity contribution in [3.8, 4) is 5.75 Å². The van der Waals surface area contributed by atoms with Crippen LogP contribution in [0.5, 0.6) is 5.75 Å². The second-order valence-electron chi connectivity index (χ2n) is 3.02. The zero-order valence-electron chi connectivity index (χ0n) is 7.75. The summed E-state index contributed by atoms with van der Waals surface area (Å²) in [7, 11) is 0. The summed E-state index contributed by atoms with van der Waals surface area (Å²) in [5.74, 6) is 0.253. The summed E-state index contributed by atoms with van der Waals surface area (Å²) in [6.07, 6.45) is 0.688. The Bertz CT molecular complexity index is 274. The number of aliphatic hydroxyl groups excluding tert-OH is 1. The van der Waals surface area contributed by atoms with Crippen LogP contribution in [0.3, 0.4) is 0 Å². The van der Waals surface area contributed by atoms with Crippen molar-refractivity contribution in [3.05, 3.63) is 23.8 Å².